The summed E-state index contributed by atoms with van der Waals surface area (Å²) in [5.41, 5.74) is 1.03. The van der Waals surface area contributed by atoms with Crippen molar-refractivity contribution in [1.82, 2.24) is 9.78 Å². The average Bonchev–Trinajstić information content (AvgIpc) is 3.08. The van der Waals surface area contributed by atoms with Gasteiger partial charge in [0.1, 0.15) is 11.9 Å². The van der Waals surface area contributed by atoms with E-state index in [1.165, 1.54) is 11.0 Å². The Balaban J connectivity index is 1.73. The molecular formula is C17H21FN4O. The Kier molecular flexibility index (Phi) is 3.83. The lowest BCUT2D eigenvalue weighted by Crippen LogP contribution is -2.33. The van der Waals surface area contributed by atoms with Crippen LogP contribution in [0.3, 0.4) is 0 Å². The minimum atomic E-state index is -0.373. The van der Waals surface area contributed by atoms with Gasteiger partial charge in [-0.3, -0.25) is 9.48 Å². The molecule has 2 aromatic rings. The van der Waals surface area contributed by atoms with Gasteiger partial charge in [-0.2, -0.15) is 5.10 Å². The quantitative estimate of drug-likeness (QED) is 0.947. The molecule has 1 aromatic carbocycles. The van der Waals surface area contributed by atoms with Crippen LogP contribution in [0.25, 0.3) is 0 Å². The number of aromatic nitrogens is 2. The molecule has 0 bridgehead atoms. The zero-order valence-electron chi connectivity index (χ0n) is 13.6. The molecule has 1 N–H and O–H groups in total. The highest BCUT2D eigenvalue weighted by atomic mass is 19.1. The summed E-state index contributed by atoms with van der Waals surface area (Å²) in [6.07, 6.45) is 4.23. The number of rotatable bonds is 3. The van der Waals surface area contributed by atoms with Crippen LogP contribution < -0.4 is 10.2 Å². The maximum Gasteiger partial charge on any atom is 0.249 e. The van der Waals surface area contributed by atoms with E-state index in [-0.39, 0.29) is 23.3 Å². The van der Waals surface area contributed by atoms with Crippen LogP contribution in [0.1, 0.15) is 27.2 Å². The first-order chi connectivity index (χ1) is 10.9. The van der Waals surface area contributed by atoms with Crippen molar-refractivity contribution in [3.63, 3.8) is 0 Å². The predicted molar refractivity (Wildman–Crippen MR) is 88.0 cm³/mol. The summed E-state index contributed by atoms with van der Waals surface area (Å²) < 4.78 is 15.7. The van der Waals surface area contributed by atoms with E-state index in [0.29, 0.717) is 18.7 Å². The standard InChI is InChI=1S/C17H21FN4O/c1-17(2,3)22-11-12(10-19-22)20-14-8-9-21(16(14)23)15-7-5-4-6-13(15)18/h4-7,10-11,14,20H,8-9H2,1-3H3/t14-/m1/s1. The van der Waals surface area contributed by atoms with E-state index in [0.717, 1.165) is 5.69 Å². The molecule has 0 unspecified atom stereocenters. The second-order valence-corrected chi connectivity index (χ2v) is 6.77. The number of benzene rings is 1. The van der Waals surface area contributed by atoms with Gasteiger partial charge in [0.2, 0.25) is 5.91 Å². The van der Waals surface area contributed by atoms with Crippen molar-refractivity contribution < 1.29 is 9.18 Å². The lowest BCUT2D eigenvalue weighted by atomic mass is 10.1. The summed E-state index contributed by atoms with van der Waals surface area (Å²) in [6.45, 7) is 6.68. The van der Waals surface area contributed by atoms with Crippen LogP contribution in [0.2, 0.25) is 0 Å². The molecule has 1 aliphatic rings. The Morgan fingerprint density at radius 2 is 2.04 bits per heavy atom. The number of halogens is 1. The van der Waals surface area contributed by atoms with Crippen LogP contribution in [0, 0.1) is 5.82 Å². The number of amides is 1. The van der Waals surface area contributed by atoms with Crippen LogP contribution >= 0.6 is 0 Å². The van der Waals surface area contributed by atoms with Crippen LogP contribution in [0.5, 0.6) is 0 Å². The number of carbonyl (C=O) groups excluding carboxylic acids is 1. The Morgan fingerprint density at radius 1 is 1.30 bits per heavy atom. The summed E-state index contributed by atoms with van der Waals surface area (Å²) in [7, 11) is 0. The molecule has 0 spiro atoms. The molecule has 1 amide bonds. The molecule has 1 atom stereocenters. The number of nitrogens with zero attached hydrogens (tertiary/aromatic N) is 3. The van der Waals surface area contributed by atoms with Crippen molar-refractivity contribution in [2.24, 2.45) is 0 Å². The molecule has 6 heteroatoms. The smallest absolute Gasteiger partial charge is 0.249 e. The number of hydrogen-bond donors (Lipinski definition) is 1. The highest BCUT2D eigenvalue weighted by molar-refractivity contribution is 6.01. The Morgan fingerprint density at radius 3 is 2.70 bits per heavy atom. The second-order valence-electron chi connectivity index (χ2n) is 6.77. The van der Waals surface area contributed by atoms with Crippen molar-refractivity contribution in [1.29, 1.82) is 0 Å². The van der Waals surface area contributed by atoms with Crippen molar-refractivity contribution in [2.45, 2.75) is 38.8 Å². The van der Waals surface area contributed by atoms with Crippen LogP contribution in [0.4, 0.5) is 15.8 Å². The summed E-state index contributed by atoms with van der Waals surface area (Å²) >= 11 is 0. The van der Waals surface area contributed by atoms with Gasteiger partial charge in [0, 0.05) is 12.7 Å². The molecule has 3 rings (SSSR count). The SMILES string of the molecule is CC(C)(C)n1cc(N[C@@H]2CCN(c3ccccc3F)C2=O)cn1. The summed E-state index contributed by atoms with van der Waals surface area (Å²) in [5.74, 6) is -0.485. The molecule has 0 saturated carbocycles. The van der Waals surface area contributed by atoms with Gasteiger partial charge >= 0.3 is 0 Å². The third-order valence-electron chi connectivity index (χ3n) is 3.96. The molecule has 2 heterocycles. The van der Waals surface area contributed by atoms with Gasteiger partial charge in [0.15, 0.2) is 0 Å². The zero-order valence-corrected chi connectivity index (χ0v) is 13.6. The van der Waals surface area contributed by atoms with Gasteiger partial charge in [0.05, 0.1) is 23.1 Å². The van der Waals surface area contributed by atoms with Crippen molar-refractivity contribution in [3.05, 3.63) is 42.5 Å². The molecule has 1 aromatic heterocycles. The predicted octanol–water partition coefficient (Wildman–Crippen LogP) is 2.99. The Hall–Kier alpha value is -2.37. The van der Waals surface area contributed by atoms with E-state index in [4.69, 9.17) is 0 Å². The van der Waals surface area contributed by atoms with Crippen molar-refractivity contribution in [3.8, 4) is 0 Å². The number of nitrogens with one attached hydrogen (secondary N) is 1. The molecule has 0 aliphatic carbocycles. The normalized spacial score (nSPS) is 18.5. The lowest BCUT2D eigenvalue weighted by molar-refractivity contribution is -0.117. The van der Waals surface area contributed by atoms with Crippen LogP contribution in [0.15, 0.2) is 36.7 Å². The number of hydrogen-bond acceptors (Lipinski definition) is 3. The van der Waals surface area contributed by atoms with Gasteiger partial charge in [-0.1, -0.05) is 12.1 Å². The van der Waals surface area contributed by atoms with Gasteiger partial charge in [-0.15, -0.1) is 0 Å². The number of carbonyl (C=O) groups is 1. The van der Waals surface area contributed by atoms with Gasteiger partial charge in [-0.05, 0) is 39.3 Å². The van der Waals surface area contributed by atoms with E-state index >= 15 is 0 Å². The third kappa shape index (κ3) is 3.06. The second kappa shape index (κ2) is 5.68. The van der Waals surface area contributed by atoms with E-state index < -0.39 is 0 Å². The van der Waals surface area contributed by atoms with E-state index in [9.17, 15) is 9.18 Å². The first kappa shape index (κ1) is 15.5. The zero-order chi connectivity index (χ0) is 16.6. The fourth-order valence-electron chi connectivity index (χ4n) is 2.69. The molecule has 0 radical (unpaired) electrons. The van der Waals surface area contributed by atoms with E-state index in [1.807, 2.05) is 10.9 Å². The summed E-state index contributed by atoms with van der Waals surface area (Å²) in [5, 5.41) is 7.52. The molecule has 122 valence electrons. The molecular weight excluding hydrogens is 295 g/mol. The maximum atomic E-state index is 13.9. The molecule has 1 saturated heterocycles. The first-order valence-corrected chi connectivity index (χ1v) is 7.74. The number of para-hydroxylation sites is 1. The third-order valence-corrected chi connectivity index (χ3v) is 3.96. The summed E-state index contributed by atoms with van der Waals surface area (Å²) in [6, 6.07) is 6.01. The topological polar surface area (TPSA) is 50.2 Å². The Bertz CT molecular complexity index is 719. The van der Waals surface area contributed by atoms with Crippen LogP contribution in [-0.2, 0) is 10.3 Å². The largest absolute Gasteiger partial charge is 0.371 e. The van der Waals surface area contributed by atoms with Crippen molar-refractivity contribution >= 4 is 17.3 Å². The monoisotopic (exact) mass is 316 g/mol. The molecule has 1 fully saturated rings. The van der Waals surface area contributed by atoms with Gasteiger partial charge < -0.3 is 10.2 Å². The highest BCUT2D eigenvalue weighted by Gasteiger charge is 2.34. The minimum absolute atomic E-state index is 0.112. The van der Waals surface area contributed by atoms with E-state index in [2.05, 4.69) is 31.2 Å². The number of anilines is 2. The Labute approximate surface area is 135 Å². The fraction of sp³-hybridized carbons (Fsp3) is 0.412. The molecule has 1 aliphatic heterocycles. The van der Waals surface area contributed by atoms with Gasteiger partial charge in [-0.25, -0.2) is 4.39 Å². The summed E-state index contributed by atoms with van der Waals surface area (Å²) in [4.78, 5) is 14.0. The molecule has 23 heavy (non-hydrogen) atoms. The highest BCUT2D eigenvalue weighted by Crippen LogP contribution is 2.26. The van der Waals surface area contributed by atoms with Gasteiger partial charge in [0.25, 0.3) is 0 Å². The minimum Gasteiger partial charge on any atom is -0.371 e. The molecule has 5 nitrogen and oxygen atoms in total. The van der Waals surface area contributed by atoms with Crippen molar-refractivity contribution in [2.75, 3.05) is 16.8 Å². The fourth-order valence-corrected chi connectivity index (χ4v) is 2.69. The first-order valence-electron chi connectivity index (χ1n) is 7.74. The lowest BCUT2D eigenvalue weighted by Gasteiger charge is -2.19. The van der Waals surface area contributed by atoms with E-state index in [1.54, 1.807) is 24.4 Å². The van der Waals surface area contributed by atoms with Crippen LogP contribution in [-0.4, -0.2) is 28.3 Å². The maximum absolute atomic E-state index is 13.9. The average molecular weight is 316 g/mol.